The Morgan fingerprint density at radius 3 is 2.64 bits per heavy atom. The Bertz CT molecular complexity index is 1210. The Labute approximate surface area is 230 Å². The molecule has 6 rings (SSSR count). The minimum Gasteiger partial charge on any atom is -0.366 e. The Morgan fingerprint density at radius 1 is 1.00 bits per heavy atom. The summed E-state index contributed by atoms with van der Waals surface area (Å²) in [7, 11) is 0. The first-order valence-corrected chi connectivity index (χ1v) is 14.3. The van der Waals surface area contributed by atoms with Gasteiger partial charge < -0.3 is 25.8 Å². The molecule has 4 aliphatic rings. The number of benzene rings is 1. The molecule has 0 spiro atoms. The van der Waals surface area contributed by atoms with Crippen LogP contribution in [-0.4, -0.2) is 78.6 Å². The van der Waals surface area contributed by atoms with E-state index >= 15 is 0 Å². The molecule has 0 bridgehead atoms. The third-order valence-corrected chi connectivity index (χ3v) is 8.43. The first-order valence-electron chi connectivity index (χ1n) is 14.3. The number of nitrogens with zero attached hydrogens (tertiary/aromatic N) is 4. The number of hydrogen-bond donors (Lipinski definition) is 4. The molecule has 39 heavy (non-hydrogen) atoms. The largest absolute Gasteiger partial charge is 0.366 e. The van der Waals surface area contributed by atoms with Crippen molar-refractivity contribution in [2.75, 3.05) is 50.7 Å². The molecule has 4 N–H and O–H groups in total. The van der Waals surface area contributed by atoms with Crippen LogP contribution in [-0.2, 0) is 0 Å². The Hall–Kier alpha value is -3.43. The number of amidine groups is 1. The quantitative estimate of drug-likeness (QED) is 0.337. The van der Waals surface area contributed by atoms with Crippen LogP contribution in [0.3, 0.4) is 0 Å². The summed E-state index contributed by atoms with van der Waals surface area (Å²) in [5.41, 5.74) is 2.80. The maximum absolute atomic E-state index is 13.8. The monoisotopic (exact) mass is 530 g/mol. The van der Waals surface area contributed by atoms with E-state index in [2.05, 4.69) is 42.8 Å². The van der Waals surface area contributed by atoms with Gasteiger partial charge in [0.15, 0.2) is 0 Å². The number of piperidine rings is 1. The Morgan fingerprint density at radius 2 is 1.82 bits per heavy atom. The lowest BCUT2D eigenvalue weighted by atomic mass is 10.0. The third kappa shape index (κ3) is 5.94. The standard InChI is InChI=1S/C30H39FN8/c31-23-5-1-4-22(20-23)27-7-3-15-39(27)28(32)9-10-29-34-21-26(35-29)25-6-2-8-30(36-25)38-18-16-37(17-19-38)24-11-13-33-14-12-24/h1-2,4-6,8-10,20-21,24,27,29,32-35H,3,7,11-19H2/b10-9-,32-28?. The predicted octanol–water partition coefficient (Wildman–Crippen LogP) is 3.28. The lowest BCUT2D eigenvalue weighted by Gasteiger charge is -2.41. The highest BCUT2D eigenvalue weighted by Gasteiger charge is 2.28. The Kier molecular flexibility index (Phi) is 7.78. The van der Waals surface area contributed by atoms with Crippen LogP contribution in [0.25, 0.3) is 5.70 Å². The van der Waals surface area contributed by atoms with Gasteiger partial charge in [-0.1, -0.05) is 18.2 Å². The topological polar surface area (TPSA) is 82.5 Å². The molecule has 0 aliphatic carbocycles. The second-order valence-electron chi connectivity index (χ2n) is 10.9. The molecule has 8 nitrogen and oxygen atoms in total. The minimum atomic E-state index is -0.225. The molecule has 9 heteroatoms. The molecular weight excluding hydrogens is 491 g/mol. The highest BCUT2D eigenvalue weighted by atomic mass is 19.1. The summed E-state index contributed by atoms with van der Waals surface area (Å²) >= 11 is 0. The minimum absolute atomic E-state index is 0.0458. The number of likely N-dealkylation sites (tertiary alicyclic amines) is 1. The number of pyridine rings is 1. The van der Waals surface area contributed by atoms with Gasteiger partial charge in [0.1, 0.15) is 23.6 Å². The van der Waals surface area contributed by atoms with E-state index < -0.39 is 0 Å². The molecule has 2 atom stereocenters. The predicted molar refractivity (Wildman–Crippen MR) is 154 cm³/mol. The normalized spacial score (nSPS) is 24.6. The van der Waals surface area contributed by atoms with Crippen molar-refractivity contribution < 1.29 is 4.39 Å². The molecule has 1 aromatic heterocycles. The van der Waals surface area contributed by atoms with E-state index in [1.807, 2.05) is 30.5 Å². The van der Waals surface area contributed by atoms with Crippen molar-refractivity contribution in [1.82, 2.24) is 30.7 Å². The maximum Gasteiger partial charge on any atom is 0.129 e. The number of aromatic nitrogens is 1. The van der Waals surface area contributed by atoms with E-state index in [9.17, 15) is 4.39 Å². The highest BCUT2D eigenvalue weighted by Crippen LogP contribution is 2.32. The van der Waals surface area contributed by atoms with E-state index in [1.54, 1.807) is 12.1 Å². The molecule has 3 fully saturated rings. The summed E-state index contributed by atoms with van der Waals surface area (Å²) in [5, 5.41) is 19.0. The molecular formula is C30H39FN8. The zero-order chi connectivity index (χ0) is 26.6. The van der Waals surface area contributed by atoms with Gasteiger partial charge in [0.25, 0.3) is 0 Å². The smallest absolute Gasteiger partial charge is 0.129 e. The lowest BCUT2D eigenvalue weighted by Crippen LogP contribution is -2.53. The van der Waals surface area contributed by atoms with E-state index in [0.717, 1.165) is 87.5 Å². The van der Waals surface area contributed by atoms with Crippen molar-refractivity contribution in [2.24, 2.45) is 0 Å². The fourth-order valence-electron chi connectivity index (χ4n) is 6.31. The number of nitrogens with one attached hydrogen (secondary N) is 4. The summed E-state index contributed by atoms with van der Waals surface area (Å²) in [6.07, 6.45) is 10.1. The van der Waals surface area contributed by atoms with Gasteiger partial charge in [0, 0.05) is 45.0 Å². The molecule has 1 aromatic carbocycles. The molecule has 0 amide bonds. The molecule has 2 aromatic rings. The summed E-state index contributed by atoms with van der Waals surface area (Å²) in [6.45, 7) is 7.27. The fraction of sp³-hybridized carbons (Fsp3) is 0.467. The van der Waals surface area contributed by atoms with Crippen LogP contribution in [0.2, 0.25) is 0 Å². The first-order chi connectivity index (χ1) is 19.1. The Balaban J connectivity index is 1.03. The van der Waals surface area contributed by atoms with Crippen LogP contribution >= 0.6 is 0 Å². The molecule has 0 radical (unpaired) electrons. The van der Waals surface area contributed by atoms with Gasteiger partial charge in [-0.15, -0.1) is 0 Å². The molecule has 3 saturated heterocycles. The average molecular weight is 531 g/mol. The molecule has 2 unspecified atom stereocenters. The number of piperazine rings is 1. The van der Waals surface area contributed by atoms with E-state index in [1.165, 1.54) is 18.9 Å². The van der Waals surface area contributed by atoms with E-state index in [4.69, 9.17) is 10.4 Å². The van der Waals surface area contributed by atoms with Crippen LogP contribution in [0.5, 0.6) is 0 Å². The van der Waals surface area contributed by atoms with Crippen molar-refractivity contribution >= 4 is 17.4 Å². The maximum atomic E-state index is 13.8. The average Bonchev–Trinajstić information content (AvgIpc) is 3.67. The van der Waals surface area contributed by atoms with Gasteiger partial charge in [0.2, 0.25) is 0 Å². The van der Waals surface area contributed by atoms with Crippen molar-refractivity contribution in [1.29, 1.82) is 5.41 Å². The molecule has 0 saturated carbocycles. The third-order valence-electron chi connectivity index (χ3n) is 8.43. The van der Waals surface area contributed by atoms with Crippen molar-refractivity contribution in [3.63, 3.8) is 0 Å². The summed E-state index contributed by atoms with van der Waals surface area (Å²) in [5.74, 6) is 1.25. The van der Waals surface area contributed by atoms with Crippen molar-refractivity contribution in [2.45, 2.75) is 43.9 Å². The second-order valence-corrected chi connectivity index (χ2v) is 10.9. The van der Waals surface area contributed by atoms with Crippen LogP contribution in [0.4, 0.5) is 10.2 Å². The van der Waals surface area contributed by atoms with Gasteiger partial charge in [-0.2, -0.15) is 0 Å². The van der Waals surface area contributed by atoms with Gasteiger partial charge in [-0.3, -0.25) is 10.3 Å². The SMILES string of the molecule is N=C(/C=C\C1NC=C(c2cccc(N3CCN(C4CCNCC4)CC3)n2)N1)N1CCCC1c1cccc(F)c1. The van der Waals surface area contributed by atoms with Crippen LogP contribution in [0, 0.1) is 11.2 Å². The highest BCUT2D eigenvalue weighted by molar-refractivity contribution is 5.91. The fourth-order valence-corrected chi connectivity index (χ4v) is 6.31. The number of anilines is 1. The van der Waals surface area contributed by atoms with E-state index in [-0.39, 0.29) is 18.0 Å². The lowest BCUT2D eigenvalue weighted by molar-refractivity contribution is 0.153. The second kappa shape index (κ2) is 11.8. The summed E-state index contributed by atoms with van der Waals surface area (Å²) in [6, 6.07) is 13.8. The van der Waals surface area contributed by atoms with E-state index in [0.29, 0.717) is 5.84 Å². The molecule has 4 aliphatic heterocycles. The zero-order valence-corrected chi connectivity index (χ0v) is 22.5. The molecule has 5 heterocycles. The van der Waals surface area contributed by atoms with Crippen LogP contribution in [0.15, 0.2) is 60.8 Å². The van der Waals surface area contributed by atoms with Gasteiger partial charge in [-0.05, 0) is 80.8 Å². The zero-order valence-electron chi connectivity index (χ0n) is 22.5. The summed E-state index contributed by atoms with van der Waals surface area (Å²) < 4.78 is 13.8. The van der Waals surface area contributed by atoms with Crippen molar-refractivity contribution in [3.05, 3.63) is 77.9 Å². The van der Waals surface area contributed by atoms with Gasteiger partial charge >= 0.3 is 0 Å². The van der Waals surface area contributed by atoms with Gasteiger partial charge in [-0.25, -0.2) is 9.37 Å². The van der Waals surface area contributed by atoms with Gasteiger partial charge in [0.05, 0.1) is 17.4 Å². The van der Waals surface area contributed by atoms with Crippen LogP contribution in [0.1, 0.15) is 43.0 Å². The number of rotatable bonds is 6. The first kappa shape index (κ1) is 25.8. The number of halogens is 1. The number of hydrogen-bond acceptors (Lipinski definition) is 7. The molecule has 206 valence electrons. The van der Waals surface area contributed by atoms with Crippen molar-refractivity contribution in [3.8, 4) is 0 Å². The van der Waals surface area contributed by atoms with Crippen LogP contribution < -0.4 is 20.9 Å². The summed E-state index contributed by atoms with van der Waals surface area (Å²) in [4.78, 5) is 12.1.